The van der Waals surface area contributed by atoms with Gasteiger partial charge in [0.1, 0.15) is 0 Å². The molecule has 2 N–H and O–H groups in total. The minimum atomic E-state index is -0.207. The first kappa shape index (κ1) is 10.7. The van der Waals surface area contributed by atoms with Crippen LogP contribution in [0.25, 0.3) is 0 Å². The number of nitrogens with one attached hydrogen (secondary N) is 1. The third kappa shape index (κ3) is 2.23. The van der Waals surface area contributed by atoms with E-state index in [9.17, 15) is 9.90 Å². The molecule has 1 unspecified atom stereocenters. The Hall–Kier alpha value is -1.81. The molecule has 0 aliphatic carbocycles. The zero-order valence-electron chi connectivity index (χ0n) is 8.84. The number of aliphatic hydroxyl groups is 1. The average molecular weight is 218 g/mol. The maximum absolute atomic E-state index is 11.4. The number of nitrogens with zero attached hydrogens (tertiary/aromatic N) is 1. The monoisotopic (exact) mass is 218 g/mol. The van der Waals surface area contributed by atoms with Crippen molar-refractivity contribution in [3.8, 4) is 0 Å². The van der Waals surface area contributed by atoms with Crippen molar-refractivity contribution in [2.45, 2.75) is 12.5 Å². The minimum Gasteiger partial charge on any atom is -0.394 e. The van der Waals surface area contributed by atoms with Crippen LogP contribution in [-0.4, -0.2) is 21.3 Å². The van der Waals surface area contributed by atoms with Crippen LogP contribution in [0, 0.1) is 0 Å². The molecule has 0 saturated heterocycles. The van der Waals surface area contributed by atoms with Crippen LogP contribution in [0.5, 0.6) is 0 Å². The van der Waals surface area contributed by atoms with Crippen LogP contribution in [0.4, 0.5) is 0 Å². The molecular weight excluding hydrogens is 204 g/mol. The zero-order valence-corrected chi connectivity index (χ0v) is 8.84. The topological polar surface area (TPSA) is 58.0 Å². The van der Waals surface area contributed by atoms with Gasteiger partial charge < -0.3 is 10.1 Å². The summed E-state index contributed by atoms with van der Waals surface area (Å²) in [6.07, 6.45) is 3.89. The summed E-state index contributed by atoms with van der Waals surface area (Å²) in [5.41, 5.74) is 0.921. The van der Waals surface area contributed by atoms with E-state index >= 15 is 0 Å². The summed E-state index contributed by atoms with van der Waals surface area (Å²) in [7, 11) is 0. The fourth-order valence-corrected chi connectivity index (χ4v) is 1.76. The van der Waals surface area contributed by atoms with Gasteiger partial charge in [-0.3, -0.25) is 4.57 Å². The van der Waals surface area contributed by atoms with Crippen LogP contribution in [0.3, 0.4) is 0 Å². The largest absolute Gasteiger partial charge is 0.394 e. The van der Waals surface area contributed by atoms with Crippen molar-refractivity contribution in [1.29, 1.82) is 0 Å². The highest BCUT2D eigenvalue weighted by Crippen LogP contribution is 2.11. The third-order valence-corrected chi connectivity index (χ3v) is 2.59. The molecule has 2 rings (SSSR count). The van der Waals surface area contributed by atoms with Crippen molar-refractivity contribution in [3.63, 3.8) is 0 Å². The molecule has 1 atom stereocenters. The quantitative estimate of drug-likeness (QED) is 0.802. The first-order valence-electron chi connectivity index (χ1n) is 5.21. The van der Waals surface area contributed by atoms with Crippen LogP contribution in [0.1, 0.15) is 11.6 Å². The van der Waals surface area contributed by atoms with Crippen molar-refractivity contribution in [2.75, 3.05) is 6.61 Å². The number of H-pyrrole nitrogens is 1. The fourth-order valence-electron chi connectivity index (χ4n) is 1.76. The Labute approximate surface area is 93.2 Å². The van der Waals surface area contributed by atoms with Crippen molar-refractivity contribution in [3.05, 3.63) is 58.8 Å². The van der Waals surface area contributed by atoms with E-state index in [1.165, 1.54) is 4.57 Å². The SMILES string of the molecule is O=c1[nH]ccn1C(CO)Cc1ccccc1. The second kappa shape index (κ2) is 4.81. The van der Waals surface area contributed by atoms with Gasteiger partial charge in [0.25, 0.3) is 0 Å². The van der Waals surface area contributed by atoms with Gasteiger partial charge >= 0.3 is 5.69 Å². The van der Waals surface area contributed by atoms with Crippen molar-refractivity contribution in [2.24, 2.45) is 0 Å². The Balaban J connectivity index is 2.19. The van der Waals surface area contributed by atoms with Crippen LogP contribution in [0.15, 0.2) is 47.5 Å². The molecule has 0 fully saturated rings. The number of aliphatic hydroxyl groups excluding tert-OH is 1. The first-order chi connectivity index (χ1) is 7.81. The van der Waals surface area contributed by atoms with Crippen LogP contribution < -0.4 is 5.69 Å². The molecule has 1 aromatic heterocycles. The Morgan fingerprint density at radius 3 is 2.62 bits per heavy atom. The molecule has 0 radical (unpaired) electrons. The Morgan fingerprint density at radius 2 is 2.06 bits per heavy atom. The maximum atomic E-state index is 11.4. The lowest BCUT2D eigenvalue weighted by molar-refractivity contribution is 0.225. The lowest BCUT2D eigenvalue weighted by atomic mass is 10.1. The van der Waals surface area contributed by atoms with Gasteiger partial charge in [-0.25, -0.2) is 4.79 Å². The normalized spacial score (nSPS) is 12.6. The smallest absolute Gasteiger partial charge is 0.325 e. The van der Waals surface area contributed by atoms with Gasteiger partial charge in [0.15, 0.2) is 0 Å². The maximum Gasteiger partial charge on any atom is 0.325 e. The number of aromatic nitrogens is 2. The summed E-state index contributed by atoms with van der Waals surface area (Å²) in [4.78, 5) is 14.0. The van der Waals surface area contributed by atoms with E-state index in [1.54, 1.807) is 12.4 Å². The van der Waals surface area contributed by atoms with Gasteiger partial charge in [-0.05, 0) is 12.0 Å². The number of aromatic amines is 1. The van der Waals surface area contributed by atoms with E-state index in [1.807, 2.05) is 30.3 Å². The van der Waals surface area contributed by atoms with Gasteiger partial charge in [0.05, 0.1) is 12.6 Å². The molecule has 0 saturated carbocycles. The average Bonchev–Trinajstić information content (AvgIpc) is 2.74. The van der Waals surface area contributed by atoms with E-state index in [2.05, 4.69) is 4.98 Å². The predicted octanol–water partition coefficient (Wildman–Crippen LogP) is 0.953. The molecule has 0 spiro atoms. The van der Waals surface area contributed by atoms with E-state index in [4.69, 9.17) is 0 Å². The molecular formula is C12H14N2O2. The molecule has 0 bridgehead atoms. The van der Waals surface area contributed by atoms with Gasteiger partial charge in [0.2, 0.25) is 0 Å². The zero-order chi connectivity index (χ0) is 11.4. The van der Waals surface area contributed by atoms with E-state index in [0.29, 0.717) is 6.42 Å². The van der Waals surface area contributed by atoms with Crippen molar-refractivity contribution in [1.82, 2.24) is 9.55 Å². The Morgan fingerprint density at radius 1 is 1.31 bits per heavy atom. The highest BCUT2D eigenvalue weighted by Gasteiger charge is 2.12. The highest BCUT2D eigenvalue weighted by atomic mass is 16.3. The molecule has 16 heavy (non-hydrogen) atoms. The number of hydrogen-bond acceptors (Lipinski definition) is 2. The summed E-state index contributed by atoms with van der Waals surface area (Å²) in [5, 5.41) is 9.31. The van der Waals surface area contributed by atoms with Gasteiger partial charge in [0, 0.05) is 12.4 Å². The Bertz CT molecular complexity index is 487. The molecule has 84 valence electrons. The van der Waals surface area contributed by atoms with Crippen molar-refractivity contribution < 1.29 is 5.11 Å². The molecule has 0 amide bonds. The predicted molar refractivity (Wildman–Crippen MR) is 61.3 cm³/mol. The third-order valence-electron chi connectivity index (χ3n) is 2.59. The molecule has 0 aliphatic heterocycles. The number of hydrogen-bond donors (Lipinski definition) is 2. The lowest BCUT2D eigenvalue weighted by Gasteiger charge is -2.14. The Kier molecular flexibility index (Phi) is 3.22. The summed E-state index contributed by atoms with van der Waals surface area (Å²) in [6, 6.07) is 9.61. The highest BCUT2D eigenvalue weighted by molar-refractivity contribution is 5.15. The fraction of sp³-hybridized carbons (Fsp3) is 0.250. The van der Waals surface area contributed by atoms with Crippen LogP contribution in [0.2, 0.25) is 0 Å². The number of rotatable bonds is 4. The standard InChI is InChI=1S/C12H14N2O2/c15-9-11(14-7-6-13-12(14)16)8-10-4-2-1-3-5-10/h1-7,11,15H,8-9H2,(H,13,16). The molecule has 0 aliphatic rings. The summed E-state index contributed by atoms with van der Waals surface area (Å²) < 4.78 is 1.52. The molecule has 2 aromatic rings. The van der Waals surface area contributed by atoms with Gasteiger partial charge in [-0.15, -0.1) is 0 Å². The lowest BCUT2D eigenvalue weighted by Crippen LogP contribution is -2.25. The van der Waals surface area contributed by atoms with Gasteiger partial charge in [-0.2, -0.15) is 0 Å². The molecule has 4 heteroatoms. The minimum absolute atomic E-state index is 0.0490. The van der Waals surface area contributed by atoms with E-state index in [0.717, 1.165) is 5.56 Å². The van der Waals surface area contributed by atoms with E-state index in [-0.39, 0.29) is 18.3 Å². The van der Waals surface area contributed by atoms with Crippen LogP contribution in [-0.2, 0) is 6.42 Å². The van der Waals surface area contributed by atoms with Crippen LogP contribution >= 0.6 is 0 Å². The molecule has 1 heterocycles. The second-order valence-corrected chi connectivity index (χ2v) is 3.70. The molecule has 4 nitrogen and oxygen atoms in total. The summed E-state index contributed by atoms with van der Waals surface area (Å²) in [5.74, 6) is 0. The number of imidazole rings is 1. The summed E-state index contributed by atoms with van der Waals surface area (Å²) in [6.45, 7) is -0.0490. The summed E-state index contributed by atoms with van der Waals surface area (Å²) >= 11 is 0. The number of benzene rings is 1. The van der Waals surface area contributed by atoms with E-state index < -0.39 is 0 Å². The van der Waals surface area contributed by atoms with Gasteiger partial charge in [-0.1, -0.05) is 30.3 Å². The molecule has 1 aromatic carbocycles. The second-order valence-electron chi connectivity index (χ2n) is 3.70. The van der Waals surface area contributed by atoms with Crippen molar-refractivity contribution >= 4 is 0 Å². The first-order valence-corrected chi connectivity index (χ1v) is 5.21.